The van der Waals surface area contributed by atoms with Gasteiger partial charge in [0.1, 0.15) is 12.4 Å². The largest absolute Gasteiger partial charge is 0.444 e. The minimum Gasteiger partial charge on any atom is -0.444 e. The van der Waals surface area contributed by atoms with Gasteiger partial charge in [0.2, 0.25) is 11.9 Å². The number of nitrogens with one attached hydrogen (secondary N) is 2. The zero-order valence-electron chi connectivity index (χ0n) is 19.3. The van der Waals surface area contributed by atoms with Crippen LogP contribution < -0.4 is 15.5 Å². The summed E-state index contributed by atoms with van der Waals surface area (Å²) in [5.74, 6) is 0.130. The van der Waals surface area contributed by atoms with Crippen LogP contribution in [0.25, 0.3) is 0 Å². The number of aryl methyl sites for hydroxylation is 1. The number of carbonyl (C=O) groups is 2. The minimum absolute atomic E-state index is 0.0191. The number of amides is 2. The fourth-order valence-corrected chi connectivity index (χ4v) is 3.31. The standard InChI is InChI=1S/C25H22ClN7O3/c1-3-23(34)29-19-5-4-6-21(13-19)33(25(35)36-16-17-7-9-18(26)10-8-17)22-11-12-27-24(31-22)30-20-14-28-32(2)15-20/h3-15H,1,16H2,2H3,(H,29,34)(H,27,30,31). The molecule has 2 aromatic carbocycles. The van der Waals surface area contributed by atoms with Gasteiger partial charge in [-0.2, -0.15) is 10.1 Å². The Morgan fingerprint density at radius 1 is 1.17 bits per heavy atom. The van der Waals surface area contributed by atoms with E-state index >= 15 is 0 Å². The number of hydrogen-bond donors (Lipinski definition) is 2. The topological polar surface area (TPSA) is 114 Å². The molecule has 2 N–H and O–H groups in total. The van der Waals surface area contributed by atoms with Gasteiger partial charge in [0.05, 0.1) is 17.6 Å². The van der Waals surface area contributed by atoms with E-state index in [4.69, 9.17) is 16.3 Å². The van der Waals surface area contributed by atoms with Gasteiger partial charge in [-0.05, 0) is 42.0 Å². The summed E-state index contributed by atoms with van der Waals surface area (Å²) < 4.78 is 7.22. The fraction of sp³-hybridized carbons (Fsp3) is 0.0800. The third-order valence-electron chi connectivity index (χ3n) is 4.85. The van der Waals surface area contributed by atoms with Crippen molar-refractivity contribution in [1.29, 1.82) is 0 Å². The molecule has 11 heteroatoms. The number of nitrogens with zero attached hydrogens (tertiary/aromatic N) is 5. The Balaban J connectivity index is 1.65. The van der Waals surface area contributed by atoms with Gasteiger partial charge < -0.3 is 15.4 Å². The number of hydrogen-bond acceptors (Lipinski definition) is 7. The summed E-state index contributed by atoms with van der Waals surface area (Å²) in [4.78, 5) is 35.1. The molecule has 2 amide bonds. The Morgan fingerprint density at radius 3 is 2.69 bits per heavy atom. The molecule has 0 atom stereocenters. The first-order chi connectivity index (χ1) is 17.4. The van der Waals surface area contributed by atoms with Crippen LogP contribution >= 0.6 is 11.6 Å². The van der Waals surface area contributed by atoms with Crippen LogP contribution in [0, 0.1) is 0 Å². The lowest BCUT2D eigenvalue weighted by atomic mass is 10.2. The van der Waals surface area contributed by atoms with E-state index in [1.54, 1.807) is 78.7 Å². The van der Waals surface area contributed by atoms with Gasteiger partial charge in [0.25, 0.3) is 0 Å². The SMILES string of the molecule is C=CC(=O)Nc1cccc(N(C(=O)OCc2ccc(Cl)cc2)c2ccnc(Nc3cnn(C)c3)n2)c1. The highest BCUT2D eigenvalue weighted by Gasteiger charge is 2.22. The molecule has 0 saturated carbocycles. The van der Waals surface area contributed by atoms with E-state index in [0.29, 0.717) is 22.1 Å². The van der Waals surface area contributed by atoms with Crippen molar-refractivity contribution in [3.8, 4) is 0 Å². The molecular weight excluding hydrogens is 482 g/mol. The van der Waals surface area contributed by atoms with Crippen LogP contribution in [0.5, 0.6) is 0 Å². The normalized spacial score (nSPS) is 10.4. The van der Waals surface area contributed by atoms with Crippen LogP contribution in [0.2, 0.25) is 5.02 Å². The van der Waals surface area contributed by atoms with E-state index in [1.165, 1.54) is 11.1 Å². The molecule has 4 aromatic rings. The number of rotatable bonds is 8. The molecule has 0 aliphatic carbocycles. The quantitative estimate of drug-likeness (QED) is 0.317. The maximum atomic E-state index is 13.3. The van der Waals surface area contributed by atoms with Crippen molar-refractivity contribution in [2.75, 3.05) is 15.5 Å². The second-order valence-electron chi connectivity index (χ2n) is 7.53. The number of aromatic nitrogens is 4. The average molecular weight is 504 g/mol. The van der Waals surface area contributed by atoms with Crippen LogP contribution in [0.15, 0.2) is 85.8 Å². The molecule has 182 valence electrons. The molecule has 0 aliphatic heterocycles. The van der Waals surface area contributed by atoms with Gasteiger partial charge >= 0.3 is 6.09 Å². The first kappa shape index (κ1) is 24.4. The van der Waals surface area contributed by atoms with Crippen molar-refractivity contribution in [1.82, 2.24) is 19.7 Å². The molecule has 36 heavy (non-hydrogen) atoms. The van der Waals surface area contributed by atoms with E-state index in [-0.39, 0.29) is 24.3 Å². The van der Waals surface area contributed by atoms with Crippen molar-refractivity contribution in [2.24, 2.45) is 7.05 Å². The number of carbonyl (C=O) groups excluding carboxylic acids is 2. The van der Waals surface area contributed by atoms with E-state index < -0.39 is 6.09 Å². The fourth-order valence-electron chi connectivity index (χ4n) is 3.19. The van der Waals surface area contributed by atoms with Gasteiger partial charge in [0.15, 0.2) is 0 Å². The van der Waals surface area contributed by atoms with Crippen molar-refractivity contribution in [2.45, 2.75) is 6.61 Å². The van der Waals surface area contributed by atoms with Crippen molar-refractivity contribution < 1.29 is 14.3 Å². The lowest BCUT2D eigenvalue weighted by Crippen LogP contribution is -2.28. The first-order valence-electron chi connectivity index (χ1n) is 10.7. The minimum atomic E-state index is -0.678. The van der Waals surface area contributed by atoms with Crippen molar-refractivity contribution in [3.05, 3.63) is 96.4 Å². The predicted molar refractivity (Wildman–Crippen MR) is 138 cm³/mol. The maximum absolute atomic E-state index is 13.3. The zero-order valence-corrected chi connectivity index (χ0v) is 20.0. The predicted octanol–water partition coefficient (Wildman–Crippen LogP) is 5.21. The lowest BCUT2D eigenvalue weighted by Gasteiger charge is -2.22. The van der Waals surface area contributed by atoms with Crippen LogP contribution in [0.3, 0.4) is 0 Å². The number of benzene rings is 2. The second kappa shape index (κ2) is 11.2. The Labute approximate surface area is 212 Å². The molecule has 0 spiro atoms. The van der Waals surface area contributed by atoms with E-state index in [2.05, 4.69) is 32.3 Å². The molecule has 0 fully saturated rings. The third kappa shape index (κ3) is 6.24. The molecular formula is C25H22ClN7O3. The molecule has 0 aliphatic rings. The number of ether oxygens (including phenoxy) is 1. The molecule has 2 heterocycles. The molecule has 0 unspecified atom stereocenters. The van der Waals surface area contributed by atoms with Gasteiger partial charge in [-0.3, -0.25) is 9.48 Å². The third-order valence-corrected chi connectivity index (χ3v) is 5.10. The monoisotopic (exact) mass is 503 g/mol. The van der Waals surface area contributed by atoms with Crippen LogP contribution in [-0.4, -0.2) is 31.7 Å². The van der Waals surface area contributed by atoms with Crippen molar-refractivity contribution >= 4 is 52.4 Å². The zero-order chi connectivity index (χ0) is 25.5. The Kier molecular flexibility index (Phi) is 7.57. The molecule has 10 nitrogen and oxygen atoms in total. The van der Waals surface area contributed by atoms with Gasteiger partial charge in [-0.15, -0.1) is 0 Å². The van der Waals surface area contributed by atoms with E-state index in [1.807, 2.05) is 0 Å². The summed E-state index contributed by atoms with van der Waals surface area (Å²) in [6.07, 6.45) is 5.39. The first-order valence-corrected chi connectivity index (χ1v) is 11.1. The van der Waals surface area contributed by atoms with Crippen LogP contribution in [-0.2, 0) is 23.2 Å². The summed E-state index contributed by atoms with van der Waals surface area (Å²) in [5, 5.41) is 10.4. The van der Waals surface area contributed by atoms with E-state index in [9.17, 15) is 9.59 Å². The average Bonchev–Trinajstić information content (AvgIpc) is 3.28. The molecule has 0 saturated heterocycles. The molecule has 0 bridgehead atoms. The van der Waals surface area contributed by atoms with Crippen LogP contribution in [0.1, 0.15) is 5.56 Å². The van der Waals surface area contributed by atoms with E-state index in [0.717, 1.165) is 11.6 Å². The summed E-state index contributed by atoms with van der Waals surface area (Å²) in [7, 11) is 1.79. The second-order valence-corrected chi connectivity index (χ2v) is 7.96. The van der Waals surface area contributed by atoms with Crippen LogP contribution in [0.4, 0.5) is 33.6 Å². The highest BCUT2D eigenvalue weighted by Crippen LogP contribution is 2.28. The molecule has 2 aromatic heterocycles. The summed E-state index contributed by atoms with van der Waals surface area (Å²) in [6, 6.07) is 15.3. The number of anilines is 5. The summed E-state index contributed by atoms with van der Waals surface area (Å²) in [5.41, 5.74) is 2.33. The Bertz CT molecular complexity index is 1390. The Morgan fingerprint density at radius 2 is 1.97 bits per heavy atom. The van der Waals surface area contributed by atoms with Gasteiger partial charge in [0, 0.05) is 36.2 Å². The summed E-state index contributed by atoms with van der Waals surface area (Å²) in [6.45, 7) is 3.48. The lowest BCUT2D eigenvalue weighted by molar-refractivity contribution is -0.111. The molecule has 4 rings (SSSR count). The maximum Gasteiger partial charge on any atom is 0.420 e. The van der Waals surface area contributed by atoms with Crippen molar-refractivity contribution in [3.63, 3.8) is 0 Å². The Hall–Kier alpha value is -4.70. The highest BCUT2D eigenvalue weighted by molar-refractivity contribution is 6.30. The van der Waals surface area contributed by atoms with Gasteiger partial charge in [-0.25, -0.2) is 14.7 Å². The number of halogens is 1. The van der Waals surface area contributed by atoms with Gasteiger partial charge in [-0.1, -0.05) is 36.4 Å². The molecule has 0 radical (unpaired) electrons. The highest BCUT2D eigenvalue weighted by atomic mass is 35.5. The smallest absolute Gasteiger partial charge is 0.420 e. The summed E-state index contributed by atoms with van der Waals surface area (Å²) >= 11 is 5.94.